The van der Waals surface area contributed by atoms with Gasteiger partial charge in [0.25, 0.3) is 0 Å². The number of hydrazone groups is 1. The molecule has 0 aliphatic carbocycles. The third-order valence-electron chi connectivity index (χ3n) is 1.53. The summed E-state index contributed by atoms with van der Waals surface area (Å²) >= 11 is 0. The van der Waals surface area contributed by atoms with Crippen molar-refractivity contribution in [2.75, 3.05) is 13.1 Å². The molecule has 2 heteroatoms. The van der Waals surface area contributed by atoms with E-state index in [1.54, 1.807) is 0 Å². The summed E-state index contributed by atoms with van der Waals surface area (Å²) in [6.45, 7) is 6.54. The van der Waals surface area contributed by atoms with Crippen molar-refractivity contribution in [2.45, 2.75) is 26.7 Å². The fourth-order valence-corrected chi connectivity index (χ4v) is 1.05. The topological polar surface area (TPSA) is 15.6 Å². The van der Waals surface area contributed by atoms with Crippen molar-refractivity contribution in [3.8, 4) is 0 Å². The van der Waals surface area contributed by atoms with Crippen LogP contribution in [0.5, 0.6) is 0 Å². The lowest BCUT2D eigenvalue weighted by molar-refractivity contribution is 0.319. The van der Waals surface area contributed by atoms with Crippen LogP contribution in [0.4, 0.5) is 0 Å². The molecule has 0 spiro atoms. The average Bonchev–Trinajstić information content (AvgIpc) is 2.17. The second-order valence-corrected chi connectivity index (χ2v) is 2.54. The summed E-state index contributed by atoms with van der Waals surface area (Å²) in [6.07, 6.45) is 2.37. The third-order valence-corrected chi connectivity index (χ3v) is 1.53. The molecule has 0 bridgehead atoms. The molecule has 1 heterocycles. The highest BCUT2D eigenvalue weighted by Gasteiger charge is 2.07. The summed E-state index contributed by atoms with van der Waals surface area (Å²) in [7, 11) is 0. The summed E-state index contributed by atoms with van der Waals surface area (Å²) in [4.78, 5) is 0. The molecule has 0 saturated carbocycles. The Morgan fingerprint density at radius 2 is 2.44 bits per heavy atom. The van der Waals surface area contributed by atoms with Crippen LogP contribution < -0.4 is 0 Å². The standard InChI is InChI=1S/C7H14N2/c1-3-5-9-6-4-7(2)8-9/h3-6H2,1-2H3. The molecule has 0 amide bonds. The van der Waals surface area contributed by atoms with Crippen molar-refractivity contribution < 1.29 is 0 Å². The van der Waals surface area contributed by atoms with Gasteiger partial charge in [0.1, 0.15) is 0 Å². The minimum atomic E-state index is 1.12. The van der Waals surface area contributed by atoms with Crippen LogP contribution in [0.15, 0.2) is 5.10 Å². The minimum Gasteiger partial charge on any atom is -0.297 e. The Bertz CT molecular complexity index is 118. The zero-order chi connectivity index (χ0) is 6.69. The summed E-state index contributed by atoms with van der Waals surface area (Å²) in [5, 5.41) is 6.48. The van der Waals surface area contributed by atoms with Gasteiger partial charge in [0, 0.05) is 25.2 Å². The van der Waals surface area contributed by atoms with Crippen molar-refractivity contribution in [1.82, 2.24) is 5.01 Å². The van der Waals surface area contributed by atoms with E-state index in [0.29, 0.717) is 0 Å². The van der Waals surface area contributed by atoms with Crippen molar-refractivity contribution in [1.29, 1.82) is 0 Å². The van der Waals surface area contributed by atoms with Crippen molar-refractivity contribution in [2.24, 2.45) is 5.10 Å². The van der Waals surface area contributed by atoms with Crippen LogP contribution in [0.3, 0.4) is 0 Å². The number of hydrogen-bond donors (Lipinski definition) is 0. The molecule has 9 heavy (non-hydrogen) atoms. The first-order valence-electron chi connectivity index (χ1n) is 3.62. The van der Waals surface area contributed by atoms with Crippen LogP contribution in [0.2, 0.25) is 0 Å². The highest BCUT2D eigenvalue weighted by molar-refractivity contribution is 5.82. The molecular weight excluding hydrogens is 112 g/mol. The first-order valence-corrected chi connectivity index (χ1v) is 3.62. The second-order valence-electron chi connectivity index (χ2n) is 2.54. The first-order chi connectivity index (χ1) is 4.33. The minimum absolute atomic E-state index is 1.12. The fourth-order valence-electron chi connectivity index (χ4n) is 1.05. The van der Waals surface area contributed by atoms with Gasteiger partial charge in [0.05, 0.1) is 0 Å². The molecule has 2 nitrogen and oxygen atoms in total. The quantitative estimate of drug-likeness (QED) is 0.547. The van der Waals surface area contributed by atoms with E-state index in [1.165, 1.54) is 18.6 Å². The van der Waals surface area contributed by atoms with E-state index in [-0.39, 0.29) is 0 Å². The summed E-state index contributed by atoms with van der Waals surface area (Å²) in [5.74, 6) is 0. The molecule has 0 aromatic rings. The number of nitrogens with zero attached hydrogens (tertiary/aromatic N) is 2. The molecule has 0 unspecified atom stereocenters. The Morgan fingerprint density at radius 3 is 2.89 bits per heavy atom. The Morgan fingerprint density at radius 1 is 1.67 bits per heavy atom. The van der Waals surface area contributed by atoms with E-state index >= 15 is 0 Å². The van der Waals surface area contributed by atoms with Crippen LogP contribution >= 0.6 is 0 Å². The lowest BCUT2D eigenvalue weighted by Crippen LogP contribution is -2.14. The largest absolute Gasteiger partial charge is 0.297 e. The Labute approximate surface area is 56.5 Å². The van der Waals surface area contributed by atoms with E-state index in [1.807, 2.05) is 0 Å². The molecular formula is C7H14N2. The monoisotopic (exact) mass is 126 g/mol. The fraction of sp³-hybridized carbons (Fsp3) is 0.857. The van der Waals surface area contributed by atoms with Gasteiger partial charge in [-0.25, -0.2) is 0 Å². The molecule has 1 rings (SSSR count). The highest BCUT2D eigenvalue weighted by Crippen LogP contribution is 2.04. The maximum atomic E-state index is 4.33. The van der Waals surface area contributed by atoms with Gasteiger partial charge < -0.3 is 0 Å². The van der Waals surface area contributed by atoms with Gasteiger partial charge in [-0.2, -0.15) is 5.10 Å². The van der Waals surface area contributed by atoms with E-state index in [9.17, 15) is 0 Å². The smallest absolute Gasteiger partial charge is 0.0413 e. The Hall–Kier alpha value is -0.530. The highest BCUT2D eigenvalue weighted by atomic mass is 15.5. The lowest BCUT2D eigenvalue weighted by atomic mass is 10.3. The van der Waals surface area contributed by atoms with E-state index in [4.69, 9.17) is 0 Å². The zero-order valence-corrected chi connectivity index (χ0v) is 6.22. The van der Waals surface area contributed by atoms with Crippen LogP contribution in [-0.4, -0.2) is 23.8 Å². The Balaban J connectivity index is 2.29. The number of rotatable bonds is 2. The second kappa shape index (κ2) is 2.85. The number of hydrogen-bond acceptors (Lipinski definition) is 2. The molecule has 0 radical (unpaired) electrons. The predicted octanol–water partition coefficient (Wildman–Crippen LogP) is 1.48. The molecule has 52 valence electrons. The molecule has 0 fully saturated rings. The van der Waals surface area contributed by atoms with E-state index in [2.05, 4.69) is 24.0 Å². The van der Waals surface area contributed by atoms with Crippen molar-refractivity contribution in [3.63, 3.8) is 0 Å². The van der Waals surface area contributed by atoms with Gasteiger partial charge in [-0.15, -0.1) is 0 Å². The van der Waals surface area contributed by atoms with Crippen LogP contribution in [0.1, 0.15) is 26.7 Å². The first kappa shape index (κ1) is 6.59. The van der Waals surface area contributed by atoms with Crippen LogP contribution in [-0.2, 0) is 0 Å². The van der Waals surface area contributed by atoms with Gasteiger partial charge in [0.2, 0.25) is 0 Å². The maximum absolute atomic E-state index is 4.33. The molecule has 0 atom stereocenters. The zero-order valence-electron chi connectivity index (χ0n) is 6.22. The van der Waals surface area contributed by atoms with Gasteiger partial charge >= 0.3 is 0 Å². The molecule has 0 aromatic carbocycles. The average molecular weight is 126 g/mol. The summed E-state index contributed by atoms with van der Waals surface area (Å²) in [6, 6.07) is 0. The van der Waals surface area contributed by atoms with Gasteiger partial charge in [-0.1, -0.05) is 6.92 Å². The van der Waals surface area contributed by atoms with E-state index < -0.39 is 0 Å². The van der Waals surface area contributed by atoms with Gasteiger partial charge in [-0.05, 0) is 13.3 Å². The predicted molar refractivity (Wildman–Crippen MR) is 39.6 cm³/mol. The molecule has 1 aliphatic rings. The Kier molecular flexibility index (Phi) is 2.09. The van der Waals surface area contributed by atoms with Gasteiger partial charge in [0.15, 0.2) is 0 Å². The SMILES string of the molecule is CCCN1CCC(C)=N1. The molecule has 0 N–H and O–H groups in total. The van der Waals surface area contributed by atoms with Crippen molar-refractivity contribution >= 4 is 5.71 Å². The van der Waals surface area contributed by atoms with Crippen LogP contribution in [0.25, 0.3) is 0 Å². The molecule has 0 saturated heterocycles. The van der Waals surface area contributed by atoms with Crippen LogP contribution in [0, 0.1) is 0 Å². The van der Waals surface area contributed by atoms with Gasteiger partial charge in [-0.3, -0.25) is 5.01 Å². The normalized spacial score (nSPS) is 18.4. The summed E-state index contributed by atoms with van der Waals surface area (Å²) < 4.78 is 0. The molecule has 1 aliphatic heterocycles. The third kappa shape index (κ3) is 1.70. The lowest BCUT2D eigenvalue weighted by Gasteiger charge is -2.10. The van der Waals surface area contributed by atoms with Crippen molar-refractivity contribution in [3.05, 3.63) is 0 Å². The molecule has 0 aromatic heterocycles. The summed E-state index contributed by atoms with van der Waals surface area (Å²) in [5.41, 5.74) is 1.28. The van der Waals surface area contributed by atoms with E-state index in [0.717, 1.165) is 13.1 Å². The maximum Gasteiger partial charge on any atom is 0.0413 e.